The summed E-state index contributed by atoms with van der Waals surface area (Å²) in [6, 6.07) is 11.6. The quantitative estimate of drug-likeness (QED) is 0.668. The van der Waals surface area contributed by atoms with E-state index in [1.54, 1.807) is 6.07 Å². The van der Waals surface area contributed by atoms with Gasteiger partial charge in [-0.3, -0.25) is 4.79 Å². The van der Waals surface area contributed by atoms with Crippen molar-refractivity contribution in [3.63, 3.8) is 0 Å². The lowest BCUT2D eigenvalue weighted by Crippen LogP contribution is -2.40. The number of hydrogen-bond donors (Lipinski definition) is 2. The van der Waals surface area contributed by atoms with Crippen LogP contribution in [0.4, 0.5) is 0 Å². The van der Waals surface area contributed by atoms with Gasteiger partial charge in [0.2, 0.25) is 0 Å². The zero-order valence-electron chi connectivity index (χ0n) is 16.1. The largest absolute Gasteiger partial charge is 0.359 e. The number of nitrogens with one attached hydrogen (secondary N) is 1. The van der Waals surface area contributed by atoms with Gasteiger partial charge in [0.1, 0.15) is 6.07 Å². The molecule has 28 heavy (non-hydrogen) atoms. The van der Waals surface area contributed by atoms with Crippen LogP contribution < -0.4 is 5.73 Å². The van der Waals surface area contributed by atoms with Gasteiger partial charge in [-0.1, -0.05) is 12.1 Å². The number of benzene rings is 1. The van der Waals surface area contributed by atoms with Crippen molar-refractivity contribution < 1.29 is 4.79 Å². The summed E-state index contributed by atoms with van der Waals surface area (Å²) >= 11 is 0. The van der Waals surface area contributed by atoms with Gasteiger partial charge < -0.3 is 15.6 Å². The lowest BCUT2D eigenvalue weighted by atomic mass is 9.98. The fourth-order valence-electron chi connectivity index (χ4n) is 4.03. The van der Waals surface area contributed by atoms with Gasteiger partial charge in [-0.25, -0.2) is 4.98 Å². The second-order valence-electron chi connectivity index (χ2n) is 7.65. The highest BCUT2D eigenvalue weighted by atomic mass is 16.2. The zero-order valence-corrected chi connectivity index (χ0v) is 16.1. The third-order valence-corrected chi connectivity index (χ3v) is 5.57. The third-order valence-electron chi connectivity index (χ3n) is 5.57. The van der Waals surface area contributed by atoms with E-state index >= 15 is 0 Å². The summed E-state index contributed by atoms with van der Waals surface area (Å²) in [5.41, 5.74) is 9.73. The number of fused-ring (bicyclic) bond motifs is 2. The number of H-pyrrole nitrogens is 1. The molecule has 0 spiro atoms. The first-order valence-corrected chi connectivity index (χ1v) is 9.53. The van der Waals surface area contributed by atoms with E-state index in [0.717, 1.165) is 40.7 Å². The fraction of sp³-hybridized carbons (Fsp3) is 0.318. The number of pyridine rings is 1. The molecule has 0 atom stereocenters. The molecule has 3 aromatic rings. The SMILES string of the molecule is CC1(C)c2nc(-c3c[nH]c4c(C#N)cccc34)ccc2C(=O)N1CCCCN. The van der Waals surface area contributed by atoms with E-state index in [1.165, 1.54) is 0 Å². The maximum atomic E-state index is 12.9. The molecular formula is C22H23N5O. The Bertz CT molecular complexity index is 1110. The molecule has 0 radical (unpaired) electrons. The highest BCUT2D eigenvalue weighted by molar-refractivity contribution is 6.01. The Kier molecular flexibility index (Phi) is 4.40. The third kappa shape index (κ3) is 2.67. The highest BCUT2D eigenvalue weighted by Gasteiger charge is 2.44. The average molecular weight is 373 g/mol. The van der Waals surface area contributed by atoms with Crippen LogP contribution in [0.1, 0.15) is 48.3 Å². The second kappa shape index (κ2) is 6.77. The van der Waals surface area contributed by atoms with Crippen molar-refractivity contribution in [3.05, 3.63) is 53.3 Å². The minimum absolute atomic E-state index is 0.0294. The normalized spacial score (nSPS) is 15.1. The van der Waals surface area contributed by atoms with Crippen molar-refractivity contribution in [2.75, 3.05) is 13.1 Å². The van der Waals surface area contributed by atoms with Crippen molar-refractivity contribution in [2.24, 2.45) is 5.73 Å². The fourth-order valence-corrected chi connectivity index (χ4v) is 4.03. The van der Waals surface area contributed by atoms with E-state index < -0.39 is 5.54 Å². The maximum absolute atomic E-state index is 12.9. The molecule has 0 fully saturated rings. The Morgan fingerprint density at radius 2 is 2.04 bits per heavy atom. The number of hydrogen-bond acceptors (Lipinski definition) is 4. The molecule has 1 aliphatic heterocycles. The van der Waals surface area contributed by atoms with Gasteiger partial charge in [-0.05, 0) is 51.4 Å². The van der Waals surface area contributed by atoms with Crippen LogP contribution in [0.5, 0.6) is 0 Å². The number of amides is 1. The van der Waals surface area contributed by atoms with Gasteiger partial charge in [0.05, 0.1) is 33.6 Å². The van der Waals surface area contributed by atoms with E-state index in [0.29, 0.717) is 24.2 Å². The monoisotopic (exact) mass is 373 g/mol. The molecule has 0 saturated carbocycles. The van der Waals surface area contributed by atoms with Crippen molar-refractivity contribution in [2.45, 2.75) is 32.2 Å². The lowest BCUT2D eigenvalue weighted by Gasteiger charge is -2.31. The van der Waals surface area contributed by atoms with Gasteiger partial charge >= 0.3 is 0 Å². The van der Waals surface area contributed by atoms with Gasteiger partial charge in [-0.2, -0.15) is 5.26 Å². The minimum atomic E-state index is -0.471. The Morgan fingerprint density at radius 3 is 2.79 bits per heavy atom. The topological polar surface area (TPSA) is 98.8 Å². The molecule has 2 aromatic heterocycles. The van der Waals surface area contributed by atoms with Crippen LogP contribution in [-0.2, 0) is 5.54 Å². The summed E-state index contributed by atoms with van der Waals surface area (Å²) in [5, 5.41) is 10.3. The van der Waals surface area contributed by atoms with Gasteiger partial charge in [0.25, 0.3) is 5.91 Å². The van der Waals surface area contributed by atoms with E-state index in [4.69, 9.17) is 10.7 Å². The molecule has 1 aliphatic rings. The molecule has 4 rings (SSSR count). The molecular weight excluding hydrogens is 350 g/mol. The predicted molar refractivity (Wildman–Crippen MR) is 109 cm³/mol. The number of aromatic nitrogens is 2. The maximum Gasteiger partial charge on any atom is 0.256 e. The van der Waals surface area contributed by atoms with Crippen LogP contribution in [-0.4, -0.2) is 33.9 Å². The molecule has 1 aromatic carbocycles. The van der Waals surface area contributed by atoms with Crippen LogP contribution in [0.15, 0.2) is 36.5 Å². The summed E-state index contributed by atoms with van der Waals surface area (Å²) in [5.74, 6) is 0.0294. The number of aromatic amines is 1. The first-order valence-electron chi connectivity index (χ1n) is 9.53. The van der Waals surface area contributed by atoms with E-state index in [2.05, 4.69) is 11.1 Å². The summed E-state index contributed by atoms with van der Waals surface area (Å²) < 4.78 is 0. The molecule has 3 heterocycles. The Labute approximate surface area is 164 Å². The average Bonchev–Trinajstić information content (AvgIpc) is 3.21. The lowest BCUT2D eigenvalue weighted by molar-refractivity contribution is 0.0610. The van der Waals surface area contributed by atoms with Crippen LogP contribution >= 0.6 is 0 Å². The number of unbranched alkanes of at least 4 members (excludes halogenated alkanes) is 1. The molecule has 0 unspecified atom stereocenters. The zero-order chi connectivity index (χ0) is 19.9. The molecule has 0 bridgehead atoms. The van der Waals surface area contributed by atoms with Crippen molar-refractivity contribution in [1.82, 2.24) is 14.9 Å². The summed E-state index contributed by atoms with van der Waals surface area (Å²) in [7, 11) is 0. The molecule has 6 nitrogen and oxygen atoms in total. The molecule has 1 amide bonds. The number of para-hydroxylation sites is 1. The molecule has 6 heteroatoms. The molecule has 0 saturated heterocycles. The Balaban J connectivity index is 1.77. The highest BCUT2D eigenvalue weighted by Crippen LogP contribution is 2.39. The predicted octanol–water partition coefficient (Wildman–Crippen LogP) is 3.53. The van der Waals surface area contributed by atoms with Crippen molar-refractivity contribution in [1.29, 1.82) is 5.26 Å². The number of nitrogens with two attached hydrogens (primary N) is 1. The minimum Gasteiger partial charge on any atom is -0.359 e. The number of rotatable bonds is 5. The smallest absolute Gasteiger partial charge is 0.256 e. The summed E-state index contributed by atoms with van der Waals surface area (Å²) in [4.78, 5) is 22.9. The standard InChI is InChI=1S/C22H23N5O/c1-22(2)20-16(21(28)27(22)11-4-3-10-23)8-9-18(26-20)17-13-25-19-14(12-24)6-5-7-15(17)19/h5-9,13,25H,3-4,10-11,23H2,1-2H3. The summed E-state index contributed by atoms with van der Waals surface area (Å²) in [6.07, 6.45) is 3.65. The Hall–Kier alpha value is -3.17. The van der Waals surface area contributed by atoms with E-state index in [9.17, 15) is 10.1 Å². The summed E-state index contributed by atoms with van der Waals surface area (Å²) in [6.45, 7) is 5.38. The second-order valence-corrected chi connectivity index (χ2v) is 7.65. The number of nitrogens with zero attached hydrogens (tertiary/aromatic N) is 3. The molecule has 142 valence electrons. The molecule has 3 N–H and O–H groups in total. The van der Waals surface area contributed by atoms with Crippen LogP contribution in [0.2, 0.25) is 0 Å². The van der Waals surface area contributed by atoms with Crippen LogP contribution in [0.25, 0.3) is 22.2 Å². The number of carbonyl (C=O) groups excluding carboxylic acids is 1. The number of nitriles is 1. The van der Waals surface area contributed by atoms with Crippen molar-refractivity contribution >= 4 is 16.8 Å². The Morgan fingerprint density at radius 1 is 1.21 bits per heavy atom. The van der Waals surface area contributed by atoms with Gasteiger partial charge in [-0.15, -0.1) is 0 Å². The van der Waals surface area contributed by atoms with E-state index in [1.807, 2.05) is 49.2 Å². The van der Waals surface area contributed by atoms with E-state index in [-0.39, 0.29) is 5.91 Å². The van der Waals surface area contributed by atoms with Crippen LogP contribution in [0, 0.1) is 11.3 Å². The van der Waals surface area contributed by atoms with Crippen molar-refractivity contribution in [3.8, 4) is 17.3 Å². The first kappa shape index (κ1) is 18.2. The van der Waals surface area contributed by atoms with Gasteiger partial charge in [0, 0.05) is 23.7 Å². The molecule has 0 aliphatic carbocycles. The number of carbonyl (C=O) groups is 1. The van der Waals surface area contributed by atoms with Gasteiger partial charge in [0.15, 0.2) is 0 Å². The first-order chi connectivity index (χ1) is 13.5. The van der Waals surface area contributed by atoms with Crippen LogP contribution in [0.3, 0.4) is 0 Å².